The van der Waals surface area contributed by atoms with Crippen LogP contribution in [0, 0.1) is 0 Å². The predicted molar refractivity (Wildman–Crippen MR) is 75.7 cm³/mol. The van der Waals surface area contributed by atoms with Gasteiger partial charge in [0.1, 0.15) is 0 Å². The van der Waals surface area contributed by atoms with E-state index in [0.717, 1.165) is 12.8 Å². The summed E-state index contributed by atoms with van der Waals surface area (Å²) < 4.78 is 1.40. The summed E-state index contributed by atoms with van der Waals surface area (Å²) in [6.45, 7) is 0. The number of rotatable bonds is 3. The number of thiophene rings is 1. The van der Waals surface area contributed by atoms with Crippen LogP contribution in [0.5, 0.6) is 0 Å². The molecule has 3 rings (SSSR count). The van der Waals surface area contributed by atoms with E-state index in [1.54, 1.807) is 0 Å². The van der Waals surface area contributed by atoms with E-state index in [0.29, 0.717) is 0 Å². The molecule has 0 aliphatic carbocycles. The molecule has 1 heteroatoms. The molecule has 84 valence electrons. The Morgan fingerprint density at radius 2 is 1.59 bits per heavy atom. The van der Waals surface area contributed by atoms with Gasteiger partial charge in [-0.25, -0.2) is 0 Å². The molecule has 0 bridgehead atoms. The Kier molecular flexibility index (Phi) is 2.93. The standard InChI is InChI=1S/C16H14S/c1-2-4-13(5-3-1)6-7-14-8-9-15-10-11-17-16(15)12-14/h1-5,8-12H,6-7H2. The number of benzene rings is 2. The molecule has 0 N–H and O–H groups in total. The Labute approximate surface area is 106 Å². The fourth-order valence-corrected chi connectivity index (χ4v) is 2.94. The van der Waals surface area contributed by atoms with E-state index >= 15 is 0 Å². The number of hydrogen-bond donors (Lipinski definition) is 0. The lowest BCUT2D eigenvalue weighted by molar-refractivity contribution is 0.963. The molecule has 3 aromatic rings. The van der Waals surface area contributed by atoms with Gasteiger partial charge in [0.25, 0.3) is 0 Å². The van der Waals surface area contributed by atoms with E-state index in [9.17, 15) is 0 Å². The Bertz CT molecular complexity index is 608. The average molecular weight is 238 g/mol. The molecule has 0 unspecified atom stereocenters. The van der Waals surface area contributed by atoms with Gasteiger partial charge in [-0.15, -0.1) is 11.3 Å². The maximum absolute atomic E-state index is 2.32. The molecular formula is C16H14S. The number of fused-ring (bicyclic) bond motifs is 1. The summed E-state index contributed by atoms with van der Waals surface area (Å²) in [7, 11) is 0. The van der Waals surface area contributed by atoms with Crippen molar-refractivity contribution in [2.45, 2.75) is 12.8 Å². The highest BCUT2D eigenvalue weighted by molar-refractivity contribution is 7.17. The van der Waals surface area contributed by atoms with Crippen LogP contribution in [-0.2, 0) is 12.8 Å². The summed E-state index contributed by atoms with van der Waals surface area (Å²) in [6, 6.07) is 19.7. The van der Waals surface area contributed by atoms with Gasteiger partial charge in [-0.05, 0) is 46.9 Å². The van der Waals surface area contributed by atoms with Gasteiger partial charge in [-0.3, -0.25) is 0 Å². The Balaban J connectivity index is 1.76. The van der Waals surface area contributed by atoms with Gasteiger partial charge in [-0.1, -0.05) is 42.5 Å². The van der Waals surface area contributed by atoms with Crippen molar-refractivity contribution < 1.29 is 0 Å². The van der Waals surface area contributed by atoms with Crippen molar-refractivity contribution in [3.63, 3.8) is 0 Å². The average Bonchev–Trinajstić information content (AvgIpc) is 2.85. The van der Waals surface area contributed by atoms with Gasteiger partial charge in [0.15, 0.2) is 0 Å². The summed E-state index contributed by atoms with van der Waals surface area (Å²) in [6.07, 6.45) is 2.25. The molecule has 0 atom stereocenters. The summed E-state index contributed by atoms with van der Waals surface area (Å²) in [5.41, 5.74) is 2.85. The van der Waals surface area contributed by atoms with Gasteiger partial charge in [0.05, 0.1) is 0 Å². The van der Waals surface area contributed by atoms with Crippen LogP contribution >= 0.6 is 11.3 Å². The summed E-state index contributed by atoms with van der Waals surface area (Å²) >= 11 is 1.82. The molecule has 1 aromatic heterocycles. The van der Waals surface area contributed by atoms with Gasteiger partial charge < -0.3 is 0 Å². The third kappa shape index (κ3) is 2.40. The summed E-state index contributed by atoms with van der Waals surface area (Å²) in [5, 5.41) is 3.52. The van der Waals surface area contributed by atoms with Crippen molar-refractivity contribution in [3.8, 4) is 0 Å². The van der Waals surface area contributed by atoms with Crippen molar-refractivity contribution in [1.29, 1.82) is 0 Å². The summed E-state index contributed by atoms with van der Waals surface area (Å²) in [5.74, 6) is 0. The Morgan fingerprint density at radius 1 is 0.765 bits per heavy atom. The number of aryl methyl sites for hydroxylation is 2. The van der Waals surface area contributed by atoms with Crippen LogP contribution in [0.25, 0.3) is 10.1 Å². The second kappa shape index (κ2) is 4.72. The van der Waals surface area contributed by atoms with E-state index in [4.69, 9.17) is 0 Å². The van der Waals surface area contributed by atoms with Crippen LogP contribution in [0.2, 0.25) is 0 Å². The smallest absolute Gasteiger partial charge is 0.0345 e. The lowest BCUT2D eigenvalue weighted by Crippen LogP contribution is -1.90. The molecule has 2 aromatic carbocycles. The van der Waals surface area contributed by atoms with Crippen LogP contribution in [0.15, 0.2) is 60.0 Å². The SMILES string of the molecule is c1ccc(CCc2ccc3ccsc3c2)cc1. The zero-order valence-corrected chi connectivity index (χ0v) is 10.4. The van der Waals surface area contributed by atoms with Crippen molar-refractivity contribution >= 4 is 21.4 Å². The second-order valence-corrected chi connectivity index (χ2v) is 5.23. The monoisotopic (exact) mass is 238 g/mol. The molecule has 0 spiro atoms. The van der Waals surface area contributed by atoms with Gasteiger partial charge in [0.2, 0.25) is 0 Å². The molecule has 1 heterocycles. The highest BCUT2D eigenvalue weighted by Crippen LogP contribution is 2.22. The zero-order valence-electron chi connectivity index (χ0n) is 9.60. The van der Waals surface area contributed by atoms with Gasteiger partial charge in [0, 0.05) is 4.70 Å². The van der Waals surface area contributed by atoms with Crippen LogP contribution in [0.1, 0.15) is 11.1 Å². The number of hydrogen-bond acceptors (Lipinski definition) is 1. The molecular weight excluding hydrogens is 224 g/mol. The molecule has 0 aliphatic rings. The molecule has 0 saturated carbocycles. The fraction of sp³-hybridized carbons (Fsp3) is 0.125. The maximum atomic E-state index is 2.32. The lowest BCUT2D eigenvalue weighted by Gasteiger charge is -2.02. The van der Waals surface area contributed by atoms with Gasteiger partial charge in [-0.2, -0.15) is 0 Å². The molecule has 0 amide bonds. The van der Waals surface area contributed by atoms with Crippen LogP contribution < -0.4 is 0 Å². The van der Waals surface area contributed by atoms with Crippen molar-refractivity contribution in [2.24, 2.45) is 0 Å². The molecule has 0 radical (unpaired) electrons. The molecule has 0 saturated heterocycles. The molecule has 17 heavy (non-hydrogen) atoms. The minimum Gasteiger partial charge on any atom is -0.144 e. The van der Waals surface area contributed by atoms with Crippen molar-refractivity contribution in [2.75, 3.05) is 0 Å². The normalized spacial score (nSPS) is 10.8. The first-order valence-electron chi connectivity index (χ1n) is 5.92. The lowest BCUT2D eigenvalue weighted by atomic mass is 10.0. The highest BCUT2D eigenvalue weighted by Gasteiger charge is 1.98. The third-order valence-electron chi connectivity index (χ3n) is 3.07. The predicted octanol–water partition coefficient (Wildman–Crippen LogP) is 4.69. The summed E-state index contributed by atoms with van der Waals surface area (Å²) in [4.78, 5) is 0. The Hall–Kier alpha value is -1.60. The third-order valence-corrected chi connectivity index (χ3v) is 3.95. The van der Waals surface area contributed by atoms with E-state index in [-0.39, 0.29) is 0 Å². The molecule has 0 nitrogen and oxygen atoms in total. The first kappa shape index (κ1) is 10.5. The molecule has 0 aliphatic heterocycles. The maximum Gasteiger partial charge on any atom is 0.0345 e. The van der Waals surface area contributed by atoms with Crippen LogP contribution in [0.3, 0.4) is 0 Å². The highest BCUT2D eigenvalue weighted by atomic mass is 32.1. The minimum atomic E-state index is 1.12. The van der Waals surface area contributed by atoms with Crippen LogP contribution in [-0.4, -0.2) is 0 Å². The van der Waals surface area contributed by atoms with E-state index < -0.39 is 0 Å². The zero-order chi connectivity index (χ0) is 11.5. The first-order chi connectivity index (χ1) is 8.42. The second-order valence-electron chi connectivity index (χ2n) is 4.28. The van der Waals surface area contributed by atoms with Gasteiger partial charge >= 0.3 is 0 Å². The Morgan fingerprint density at radius 3 is 2.47 bits per heavy atom. The topological polar surface area (TPSA) is 0 Å². The van der Waals surface area contributed by atoms with E-state index in [1.165, 1.54) is 21.2 Å². The largest absolute Gasteiger partial charge is 0.144 e. The van der Waals surface area contributed by atoms with Crippen molar-refractivity contribution in [3.05, 3.63) is 71.1 Å². The fourth-order valence-electron chi connectivity index (χ4n) is 2.09. The first-order valence-corrected chi connectivity index (χ1v) is 6.80. The van der Waals surface area contributed by atoms with E-state index in [1.807, 2.05) is 11.3 Å². The van der Waals surface area contributed by atoms with Crippen molar-refractivity contribution in [1.82, 2.24) is 0 Å². The van der Waals surface area contributed by atoms with E-state index in [2.05, 4.69) is 60.0 Å². The quantitative estimate of drug-likeness (QED) is 0.621. The van der Waals surface area contributed by atoms with Crippen LogP contribution in [0.4, 0.5) is 0 Å². The minimum absolute atomic E-state index is 1.12. The molecule has 0 fully saturated rings.